The van der Waals surface area contributed by atoms with Crippen LogP contribution in [0.5, 0.6) is 5.75 Å². The van der Waals surface area contributed by atoms with E-state index in [1.165, 1.54) is 11.8 Å². The highest BCUT2D eigenvalue weighted by Crippen LogP contribution is 2.24. The quantitative estimate of drug-likeness (QED) is 0.257. The van der Waals surface area contributed by atoms with Gasteiger partial charge < -0.3 is 10.1 Å². The second kappa shape index (κ2) is 10.8. The van der Waals surface area contributed by atoms with Gasteiger partial charge in [0.15, 0.2) is 10.9 Å². The first kappa shape index (κ1) is 23.9. The maximum atomic E-state index is 13.1. The third-order valence-electron chi connectivity index (χ3n) is 4.94. The number of nitrogens with zero attached hydrogens (tertiary/aromatic N) is 5. The van der Waals surface area contributed by atoms with Crippen molar-refractivity contribution in [1.29, 1.82) is 0 Å². The van der Waals surface area contributed by atoms with Gasteiger partial charge in [0.25, 0.3) is 5.91 Å². The zero-order valence-electron chi connectivity index (χ0n) is 18.9. The lowest BCUT2D eigenvalue weighted by Gasteiger charge is -2.09. The van der Waals surface area contributed by atoms with Crippen LogP contribution in [0.1, 0.15) is 33.1 Å². The minimum Gasteiger partial charge on any atom is -0.497 e. The number of rotatable bonds is 8. The Kier molecular flexibility index (Phi) is 7.59. The van der Waals surface area contributed by atoms with E-state index in [2.05, 4.69) is 41.5 Å². The summed E-state index contributed by atoms with van der Waals surface area (Å²) < 4.78 is 7.89. The predicted octanol–water partition coefficient (Wildman–Crippen LogP) is 4.67. The van der Waals surface area contributed by atoms with Crippen molar-refractivity contribution in [3.8, 4) is 11.4 Å². The van der Waals surface area contributed by atoms with E-state index in [9.17, 15) is 4.79 Å². The molecule has 8 nitrogen and oxygen atoms in total. The van der Waals surface area contributed by atoms with Gasteiger partial charge in [-0.3, -0.25) is 4.79 Å². The second-order valence-electron chi connectivity index (χ2n) is 7.53. The van der Waals surface area contributed by atoms with E-state index in [0.29, 0.717) is 23.1 Å². The molecule has 0 bridgehead atoms. The van der Waals surface area contributed by atoms with E-state index in [-0.39, 0.29) is 11.6 Å². The summed E-state index contributed by atoms with van der Waals surface area (Å²) in [5.74, 6) is 0.857. The first-order chi connectivity index (χ1) is 16.4. The van der Waals surface area contributed by atoms with Crippen molar-refractivity contribution < 1.29 is 9.53 Å². The van der Waals surface area contributed by atoms with Gasteiger partial charge in [-0.25, -0.2) is 14.6 Å². The number of methoxy groups -OCH3 is 1. The number of ether oxygens (including phenoxy) is 1. The molecule has 2 aromatic heterocycles. The molecule has 34 heavy (non-hydrogen) atoms. The molecular weight excluding hydrogens is 516 g/mol. The van der Waals surface area contributed by atoms with E-state index >= 15 is 0 Å². The summed E-state index contributed by atoms with van der Waals surface area (Å²) in [5.41, 5.74) is 4.45. The summed E-state index contributed by atoms with van der Waals surface area (Å²) in [7, 11) is 1.61. The van der Waals surface area contributed by atoms with Crippen LogP contribution in [0.3, 0.4) is 0 Å². The molecule has 2 heterocycles. The Morgan fingerprint density at radius 2 is 1.82 bits per heavy atom. The molecule has 0 saturated heterocycles. The standard InChI is InChI=1S/C24H23BrN6O2S/c1-15-11-16(2)28-24(27-15)34-14-21-22(29-30-31(21)19-9-7-18(25)8-10-19)23(32)26-13-17-5-4-6-20(12-17)33-3/h4-12H,13-14H2,1-3H3,(H,26,32). The molecule has 4 rings (SSSR count). The maximum Gasteiger partial charge on any atom is 0.274 e. The van der Waals surface area contributed by atoms with Crippen LogP contribution in [0, 0.1) is 13.8 Å². The average Bonchev–Trinajstić information content (AvgIpc) is 3.25. The Hall–Kier alpha value is -3.24. The summed E-state index contributed by atoms with van der Waals surface area (Å²) in [5, 5.41) is 12.1. The Morgan fingerprint density at radius 3 is 2.53 bits per heavy atom. The third kappa shape index (κ3) is 5.81. The van der Waals surface area contributed by atoms with Crippen molar-refractivity contribution in [3.05, 3.63) is 87.4 Å². The van der Waals surface area contributed by atoms with Crippen molar-refractivity contribution in [2.45, 2.75) is 31.3 Å². The molecular formula is C24H23BrN6O2S. The molecule has 0 radical (unpaired) electrons. The number of hydrogen-bond donors (Lipinski definition) is 1. The fourth-order valence-corrected chi connectivity index (χ4v) is 4.54. The molecule has 4 aromatic rings. The molecule has 0 aliphatic carbocycles. The van der Waals surface area contributed by atoms with Crippen LogP contribution in [-0.4, -0.2) is 38.0 Å². The molecule has 2 aromatic carbocycles. The third-order valence-corrected chi connectivity index (χ3v) is 6.32. The number of nitrogens with one attached hydrogen (secondary N) is 1. The number of hydrogen-bond acceptors (Lipinski definition) is 7. The first-order valence-electron chi connectivity index (χ1n) is 10.5. The minimum absolute atomic E-state index is 0.266. The van der Waals surface area contributed by atoms with Crippen molar-refractivity contribution in [1.82, 2.24) is 30.3 Å². The fourth-order valence-electron chi connectivity index (χ4n) is 3.34. The first-order valence-corrected chi connectivity index (χ1v) is 12.3. The van der Waals surface area contributed by atoms with Gasteiger partial charge in [-0.05, 0) is 61.9 Å². The molecule has 1 amide bonds. The topological polar surface area (TPSA) is 94.8 Å². The van der Waals surface area contributed by atoms with E-state index in [0.717, 1.165) is 32.9 Å². The number of benzene rings is 2. The van der Waals surface area contributed by atoms with Gasteiger partial charge in [0.2, 0.25) is 0 Å². The normalized spacial score (nSPS) is 10.8. The van der Waals surface area contributed by atoms with Gasteiger partial charge in [0.05, 0.1) is 18.5 Å². The lowest BCUT2D eigenvalue weighted by molar-refractivity contribution is 0.0945. The second-order valence-corrected chi connectivity index (χ2v) is 9.39. The summed E-state index contributed by atoms with van der Waals surface area (Å²) in [6, 6.07) is 17.1. The van der Waals surface area contributed by atoms with Crippen LogP contribution in [-0.2, 0) is 12.3 Å². The van der Waals surface area contributed by atoms with Crippen molar-refractivity contribution in [2.75, 3.05) is 7.11 Å². The summed E-state index contributed by atoms with van der Waals surface area (Å²) >= 11 is 4.89. The van der Waals surface area contributed by atoms with Gasteiger partial charge in [0.1, 0.15) is 5.75 Å². The largest absolute Gasteiger partial charge is 0.497 e. The van der Waals surface area contributed by atoms with Crippen molar-refractivity contribution >= 4 is 33.6 Å². The van der Waals surface area contributed by atoms with E-state index in [4.69, 9.17) is 4.74 Å². The van der Waals surface area contributed by atoms with E-state index in [1.807, 2.05) is 68.4 Å². The van der Waals surface area contributed by atoms with Crippen molar-refractivity contribution in [3.63, 3.8) is 0 Å². The number of halogens is 1. The highest BCUT2D eigenvalue weighted by Gasteiger charge is 2.21. The summed E-state index contributed by atoms with van der Waals surface area (Å²) in [6.07, 6.45) is 0. The highest BCUT2D eigenvalue weighted by atomic mass is 79.9. The Labute approximate surface area is 210 Å². The van der Waals surface area contributed by atoms with Crippen LogP contribution in [0.25, 0.3) is 5.69 Å². The molecule has 0 aliphatic rings. The zero-order valence-corrected chi connectivity index (χ0v) is 21.4. The van der Waals surface area contributed by atoms with Crippen LogP contribution < -0.4 is 10.1 Å². The SMILES string of the molecule is COc1cccc(CNC(=O)c2nnn(-c3ccc(Br)cc3)c2CSc2nc(C)cc(C)n2)c1. The van der Waals surface area contributed by atoms with Gasteiger partial charge in [0, 0.05) is 28.2 Å². The Balaban J connectivity index is 1.60. The van der Waals surface area contributed by atoms with Gasteiger partial charge in [-0.15, -0.1) is 5.10 Å². The van der Waals surface area contributed by atoms with Crippen molar-refractivity contribution in [2.24, 2.45) is 0 Å². The average molecular weight is 539 g/mol. The minimum atomic E-state index is -0.303. The molecule has 0 aliphatic heterocycles. The summed E-state index contributed by atoms with van der Waals surface area (Å²) in [4.78, 5) is 22.1. The molecule has 0 saturated carbocycles. The smallest absolute Gasteiger partial charge is 0.274 e. The lowest BCUT2D eigenvalue weighted by atomic mass is 10.2. The Morgan fingerprint density at radius 1 is 1.09 bits per heavy atom. The Bertz CT molecular complexity index is 1290. The number of aryl methyl sites for hydroxylation is 2. The molecule has 0 fully saturated rings. The highest BCUT2D eigenvalue weighted by molar-refractivity contribution is 9.10. The van der Waals surface area contributed by atoms with E-state index in [1.54, 1.807) is 11.8 Å². The lowest BCUT2D eigenvalue weighted by Crippen LogP contribution is -2.24. The van der Waals surface area contributed by atoms with Crippen LogP contribution in [0.15, 0.2) is 64.2 Å². The van der Waals surface area contributed by atoms with E-state index < -0.39 is 0 Å². The van der Waals surface area contributed by atoms with Crippen LogP contribution in [0.4, 0.5) is 0 Å². The maximum absolute atomic E-state index is 13.1. The number of amides is 1. The number of aromatic nitrogens is 5. The molecule has 0 atom stereocenters. The fraction of sp³-hybridized carbons (Fsp3) is 0.208. The number of carbonyl (C=O) groups is 1. The molecule has 0 unspecified atom stereocenters. The zero-order chi connectivity index (χ0) is 24.1. The van der Waals surface area contributed by atoms with Crippen LogP contribution >= 0.6 is 27.7 Å². The number of thioether (sulfide) groups is 1. The molecule has 174 valence electrons. The predicted molar refractivity (Wildman–Crippen MR) is 134 cm³/mol. The number of carbonyl (C=O) groups excluding carboxylic acids is 1. The molecule has 10 heteroatoms. The van der Waals surface area contributed by atoms with Gasteiger partial charge in [-0.2, -0.15) is 0 Å². The summed E-state index contributed by atoms with van der Waals surface area (Å²) in [6.45, 7) is 4.21. The van der Waals surface area contributed by atoms with Crippen LogP contribution in [0.2, 0.25) is 0 Å². The van der Waals surface area contributed by atoms with Gasteiger partial charge >= 0.3 is 0 Å². The molecule has 1 N–H and O–H groups in total. The van der Waals surface area contributed by atoms with Gasteiger partial charge in [-0.1, -0.05) is 45.0 Å². The molecule has 0 spiro atoms. The monoisotopic (exact) mass is 538 g/mol.